The van der Waals surface area contributed by atoms with Crippen LogP contribution in [0.5, 0.6) is 0 Å². The zero-order valence-corrected chi connectivity index (χ0v) is 13.3. The van der Waals surface area contributed by atoms with Crippen molar-refractivity contribution in [1.29, 1.82) is 5.26 Å². The van der Waals surface area contributed by atoms with Crippen LogP contribution in [0.3, 0.4) is 0 Å². The Bertz CT molecular complexity index is 669. The summed E-state index contributed by atoms with van der Waals surface area (Å²) in [6.07, 6.45) is -0.935. The van der Waals surface area contributed by atoms with Gasteiger partial charge in [-0.2, -0.15) is 5.26 Å². The fourth-order valence-electron chi connectivity index (χ4n) is 1.92. The van der Waals surface area contributed by atoms with Crippen LogP contribution in [-0.2, 0) is 0 Å². The van der Waals surface area contributed by atoms with Gasteiger partial charge in [-0.25, -0.2) is 0 Å². The second-order valence-electron chi connectivity index (χ2n) is 4.28. The normalized spacial score (nSPS) is 13.6. The van der Waals surface area contributed by atoms with E-state index in [1.807, 2.05) is 12.1 Å². The number of nitrogens with zero attached hydrogens (tertiary/aromatic N) is 1. The van der Waals surface area contributed by atoms with E-state index in [-0.39, 0.29) is 0 Å². The summed E-state index contributed by atoms with van der Waals surface area (Å²) in [5, 5.41) is 20.5. The van der Waals surface area contributed by atoms with Crippen molar-refractivity contribution >= 4 is 39.1 Å². The molecule has 0 heterocycles. The predicted octanol–water partition coefficient (Wildman–Crippen LogP) is 5.10. The molecular weight excluding hydrogens is 361 g/mol. The first kappa shape index (κ1) is 15.3. The minimum atomic E-state index is -0.935. The molecule has 0 saturated carbocycles. The lowest BCUT2D eigenvalue weighted by Crippen LogP contribution is -2.09. The smallest absolute Gasteiger partial charge is 0.101 e. The van der Waals surface area contributed by atoms with Gasteiger partial charge in [0, 0.05) is 4.47 Å². The number of benzene rings is 2. The minimum absolute atomic E-state index is 0.367. The highest BCUT2D eigenvalue weighted by Gasteiger charge is 2.23. The Morgan fingerprint density at radius 3 is 2.40 bits per heavy atom. The van der Waals surface area contributed by atoms with E-state index >= 15 is 0 Å². The first-order valence-corrected chi connectivity index (χ1v) is 7.36. The summed E-state index contributed by atoms with van der Waals surface area (Å²) in [4.78, 5) is 0. The molecule has 0 amide bonds. The fourth-order valence-corrected chi connectivity index (χ4v) is 2.64. The van der Waals surface area contributed by atoms with E-state index in [1.54, 1.807) is 30.3 Å². The molecule has 0 radical (unpaired) electrons. The summed E-state index contributed by atoms with van der Waals surface area (Å²) in [7, 11) is 0. The molecule has 2 aromatic rings. The molecule has 2 atom stereocenters. The molecule has 2 nitrogen and oxygen atoms in total. The second-order valence-corrected chi connectivity index (χ2v) is 6.01. The van der Waals surface area contributed by atoms with Crippen LogP contribution in [-0.4, -0.2) is 5.11 Å². The van der Waals surface area contributed by atoms with Crippen molar-refractivity contribution in [2.45, 2.75) is 12.0 Å². The highest BCUT2D eigenvalue weighted by atomic mass is 79.9. The molecule has 0 aliphatic heterocycles. The van der Waals surface area contributed by atoms with Gasteiger partial charge in [-0.3, -0.25) is 0 Å². The summed E-state index contributed by atoms with van der Waals surface area (Å²) < 4.78 is 0.847. The molecule has 0 bridgehead atoms. The molecule has 102 valence electrons. The topological polar surface area (TPSA) is 44.0 Å². The molecule has 2 unspecified atom stereocenters. The number of rotatable bonds is 3. The third-order valence-electron chi connectivity index (χ3n) is 2.95. The average molecular weight is 371 g/mol. The number of hydrogen-bond donors (Lipinski definition) is 1. The van der Waals surface area contributed by atoms with Gasteiger partial charge < -0.3 is 5.11 Å². The zero-order valence-electron chi connectivity index (χ0n) is 10.2. The standard InChI is InChI=1S/C15H10BrCl2NO/c16-11-3-1-2-10(6-11)15(20)12(8-19)9-4-5-13(17)14(18)7-9/h1-7,12,15,20H. The SMILES string of the molecule is N#CC(c1ccc(Cl)c(Cl)c1)C(O)c1cccc(Br)c1. The fraction of sp³-hybridized carbons (Fsp3) is 0.133. The van der Waals surface area contributed by atoms with Gasteiger partial charge in [0.1, 0.15) is 5.92 Å². The van der Waals surface area contributed by atoms with E-state index in [9.17, 15) is 10.4 Å². The van der Waals surface area contributed by atoms with Gasteiger partial charge in [0.05, 0.1) is 22.2 Å². The zero-order chi connectivity index (χ0) is 14.7. The first-order chi connectivity index (χ1) is 9.52. The molecule has 5 heteroatoms. The molecular formula is C15H10BrCl2NO. The Morgan fingerprint density at radius 2 is 1.80 bits per heavy atom. The number of aliphatic hydroxyl groups excluding tert-OH is 1. The van der Waals surface area contributed by atoms with E-state index in [0.29, 0.717) is 21.2 Å². The van der Waals surface area contributed by atoms with Crippen molar-refractivity contribution in [3.8, 4) is 6.07 Å². The van der Waals surface area contributed by atoms with Gasteiger partial charge in [-0.1, -0.05) is 57.3 Å². The minimum Gasteiger partial charge on any atom is -0.387 e. The van der Waals surface area contributed by atoms with Gasteiger partial charge in [0.15, 0.2) is 0 Å². The molecule has 0 spiro atoms. The van der Waals surface area contributed by atoms with Crippen LogP contribution in [0.2, 0.25) is 10.0 Å². The highest BCUT2D eigenvalue weighted by molar-refractivity contribution is 9.10. The molecule has 0 saturated heterocycles. The largest absolute Gasteiger partial charge is 0.387 e. The maximum Gasteiger partial charge on any atom is 0.101 e. The summed E-state index contributed by atoms with van der Waals surface area (Å²) >= 11 is 15.2. The molecule has 1 N–H and O–H groups in total. The maximum atomic E-state index is 10.4. The highest BCUT2D eigenvalue weighted by Crippen LogP contribution is 2.34. The van der Waals surface area contributed by atoms with Crippen LogP contribution in [0.15, 0.2) is 46.9 Å². The van der Waals surface area contributed by atoms with E-state index in [0.717, 1.165) is 4.47 Å². The van der Waals surface area contributed by atoms with Crippen molar-refractivity contribution in [3.05, 3.63) is 68.1 Å². The lowest BCUT2D eigenvalue weighted by atomic mass is 9.90. The molecule has 2 rings (SSSR count). The third-order valence-corrected chi connectivity index (χ3v) is 4.18. The van der Waals surface area contributed by atoms with Crippen LogP contribution >= 0.6 is 39.1 Å². The van der Waals surface area contributed by atoms with Crippen LogP contribution < -0.4 is 0 Å². The number of halogens is 3. The monoisotopic (exact) mass is 369 g/mol. The lowest BCUT2D eigenvalue weighted by molar-refractivity contribution is 0.164. The van der Waals surface area contributed by atoms with Gasteiger partial charge in [-0.15, -0.1) is 0 Å². The summed E-state index contributed by atoms with van der Waals surface area (Å²) in [6.45, 7) is 0. The summed E-state index contributed by atoms with van der Waals surface area (Å²) in [5.41, 5.74) is 1.30. The molecule has 0 fully saturated rings. The molecule has 20 heavy (non-hydrogen) atoms. The average Bonchev–Trinajstić information content (AvgIpc) is 2.43. The van der Waals surface area contributed by atoms with Crippen molar-refractivity contribution in [2.24, 2.45) is 0 Å². The Kier molecular flexibility index (Phi) is 5.06. The van der Waals surface area contributed by atoms with Crippen LogP contribution in [0.25, 0.3) is 0 Å². The number of nitriles is 1. The van der Waals surface area contributed by atoms with E-state index < -0.39 is 12.0 Å². The summed E-state index contributed by atoms with van der Waals surface area (Å²) in [5.74, 6) is -0.709. The van der Waals surface area contributed by atoms with Crippen molar-refractivity contribution in [1.82, 2.24) is 0 Å². The van der Waals surface area contributed by atoms with Crippen molar-refractivity contribution < 1.29 is 5.11 Å². The number of aliphatic hydroxyl groups is 1. The first-order valence-electron chi connectivity index (χ1n) is 5.81. The summed E-state index contributed by atoms with van der Waals surface area (Å²) in [6, 6.07) is 14.3. The second kappa shape index (κ2) is 6.60. The van der Waals surface area contributed by atoms with E-state index in [2.05, 4.69) is 22.0 Å². The molecule has 0 aliphatic rings. The lowest BCUT2D eigenvalue weighted by Gasteiger charge is -2.18. The Hall–Kier alpha value is -1.05. The van der Waals surface area contributed by atoms with Gasteiger partial charge in [0.2, 0.25) is 0 Å². The Morgan fingerprint density at radius 1 is 1.05 bits per heavy atom. The van der Waals surface area contributed by atoms with E-state index in [1.165, 1.54) is 0 Å². The maximum absolute atomic E-state index is 10.4. The van der Waals surface area contributed by atoms with Gasteiger partial charge >= 0.3 is 0 Å². The Balaban J connectivity index is 2.37. The van der Waals surface area contributed by atoms with E-state index in [4.69, 9.17) is 23.2 Å². The van der Waals surface area contributed by atoms with Crippen LogP contribution in [0.4, 0.5) is 0 Å². The van der Waals surface area contributed by atoms with Crippen molar-refractivity contribution in [3.63, 3.8) is 0 Å². The van der Waals surface area contributed by atoms with Gasteiger partial charge in [0.25, 0.3) is 0 Å². The Labute approximate surface area is 135 Å². The molecule has 0 aromatic heterocycles. The third kappa shape index (κ3) is 3.34. The van der Waals surface area contributed by atoms with Gasteiger partial charge in [-0.05, 0) is 35.4 Å². The van der Waals surface area contributed by atoms with Crippen LogP contribution in [0.1, 0.15) is 23.1 Å². The quantitative estimate of drug-likeness (QED) is 0.816. The molecule has 0 aliphatic carbocycles. The predicted molar refractivity (Wildman–Crippen MR) is 83.9 cm³/mol. The van der Waals surface area contributed by atoms with Crippen LogP contribution in [0, 0.1) is 11.3 Å². The van der Waals surface area contributed by atoms with Crippen molar-refractivity contribution in [2.75, 3.05) is 0 Å². The number of hydrogen-bond acceptors (Lipinski definition) is 2. The molecule has 2 aromatic carbocycles.